The zero-order valence-corrected chi connectivity index (χ0v) is 16.6. The zero-order chi connectivity index (χ0) is 22.2. The Balaban J connectivity index is 1.85. The number of anilines is 1. The summed E-state index contributed by atoms with van der Waals surface area (Å²) in [5, 5.41) is 8.26. The van der Waals surface area contributed by atoms with Gasteiger partial charge < -0.3 is 5.32 Å². The molecule has 156 valence electrons. The van der Waals surface area contributed by atoms with Gasteiger partial charge in [-0.05, 0) is 55.0 Å². The molecule has 0 spiro atoms. The van der Waals surface area contributed by atoms with Crippen molar-refractivity contribution in [1.29, 1.82) is 0 Å². The molecule has 0 atom stereocenters. The Labute approximate surface area is 176 Å². The van der Waals surface area contributed by atoms with Gasteiger partial charge in [0.25, 0.3) is 0 Å². The van der Waals surface area contributed by atoms with E-state index in [1.165, 1.54) is 18.2 Å². The molecule has 4 nitrogen and oxygen atoms in total. The van der Waals surface area contributed by atoms with E-state index >= 15 is 0 Å². The number of benzene rings is 3. The Morgan fingerprint density at radius 2 is 1.77 bits per heavy atom. The molecule has 0 aliphatic rings. The van der Waals surface area contributed by atoms with E-state index < -0.39 is 11.7 Å². The minimum Gasteiger partial charge on any atom is -0.322 e. The number of alkyl halides is 3. The zero-order valence-electron chi connectivity index (χ0n) is 16.6. The van der Waals surface area contributed by atoms with E-state index in [1.807, 2.05) is 43.3 Å². The summed E-state index contributed by atoms with van der Waals surface area (Å²) in [6.45, 7) is 5.36. The van der Waals surface area contributed by atoms with E-state index in [0.29, 0.717) is 22.6 Å². The second kappa shape index (κ2) is 7.75. The molecule has 4 rings (SSSR count). The number of rotatable bonds is 4. The van der Waals surface area contributed by atoms with Crippen LogP contribution in [0, 0.1) is 6.92 Å². The number of carbonyl (C=O) groups is 1. The maximum absolute atomic E-state index is 12.9. The highest BCUT2D eigenvalue weighted by Crippen LogP contribution is 2.34. The molecular weight excluding hydrogens is 403 g/mol. The van der Waals surface area contributed by atoms with Gasteiger partial charge in [0.15, 0.2) is 0 Å². The molecule has 1 heterocycles. The first-order chi connectivity index (χ1) is 14.8. The number of nitrogens with one attached hydrogen (secondary N) is 1. The van der Waals surface area contributed by atoms with Gasteiger partial charge in [-0.2, -0.15) is 18.3 Å². The van der Waals surface area contributed by atoms with Crippen LogP contribution in [0.1, 0.15) is 11.1 Å². The van der Waals surface area contributed by atoms with Crippen molar-refractivity contribution in [3.05, 3.63) is 90.5 Å². The molecule has 7 heteroatoms. The lowest BCUT2D eigenvalue weighted by molar-refractivity contribution is -0.137. The molecule has 31 heavy (non-hydrogen) atoms. The number of nitrogens with zero attached hydrogens (tertiary/aromatic N) is 2. The lowest BCUT2D eigenvalue weighted by atomic mass is 10.1. The maximum Gasteiger partial charge on any atom is 0.416 e. The molecule has 0 saturated heterocycles. The van der Waals surface area contributed by atoms with Crippen molar-refractivity contribution in [2.24, 2.45) is 0 Å². The number of hydrogen-bond acceptors (Lipinski definition) is 2. The number of carbonyl (C=O) groups excluding carboxylic acids is 1. The average molecular weight is 421 g/mol. The van der Waals surface area contributed by atoms with Crippen molar-refractivity contribution in [3.63, 3.8) is 0 Å². The van der Waals surface area contributed by atoms with Crippen LogP contribution in [0.2, 0.25) is 0 Å². The lowest BCUT2D eigenvalue weighted by Gasteiger charge is -2.09. The lowest BCUT2D eigenvalue weighted by Crippen LogP contribution is -2.08. The summed E-state index contributed by atoms with van der Waals surface area (Å²) in [6, 6.07) is 18.0. The van der Waals surface area contributed by atoms with Crippen LogP contribution in [0.5, 0.6) is 0 Å². The van der Waals surface area contributed by atoms with Gasteiger partial charge >= 0.3 is 6.18 Å². The largest absolute Gasteiger partial charge is 0.416 e. The van der Waals surface area contributed by atoms with Crippen LogP contribution in [0.15, 0.2) is 79.4 Å². The van der Waals surface area contributed by atoms with E-state index in [0.717, 1.165) is 28.6 Å². The fourth-order valence-corrected chi connectivity index (χ4v) is 3.44. The van der Waals surface area contributed by atoms with Gasteiger partial charge in [0.05, 0.1) is 16.8 Å². The first-order valence-electron chi connectivity index (χ1n) is 9.47. The summed E-state index contributed by atoms with van der Waals surface area (Å²) < 4.78 is 40.5. The standard InChI is InChI=1S/C24H18F3N3O/c1-3-22(31)28-18-12-15(2)13-19(14-18)30-21-7-5-4-6-20(21)23(29-30)16-8-10-17(11-9-16)24(25,26)27/h3-14H,1H2,2H3,(H,28,31). The Kier molecular flexibility index (Phi) is 5.10. The average Bonchev–Trinajstić information content (AvgIpc) is 3.12. The van der Waals surface area contributed by atoms with Crippen LogP contribution in [0.25, 0.3) is 27.8 Å². The van der Waals surface area contributed by atoms with Gasteiger partial charge in [-0.15, -0.1) is 0 Å². The van der Waals surface area contributed by atoms with E-state index in [9.17, 15) is 18.0 Å². The molecule has 0 aliphatic heterocycles. The van der Waals surface area contributed by atoms with Crippen molar-refractivity contribution < 1.29 is 18.0 Å². The van der Waals surface area contributed by atoms with E-state index in [1.54, 1.807) is 10.7 Å². The van der Waals surface area contributed by atoms with Crippen LogP contribution >= 0.6 is 0 Å². The Bertz CT molecular complexity index is 1290. The van der Waals surface area contributed by atoms with Gasteiger partial charge in [-0.25, -0.2) is 4.68 Å². The Morgan fingerprint density at radius 1 is 1.06 bits per heavy atom. The van der Waals surface area contributed by atoms with Gasteiger partial charge in [0.2, 0.25) is 5.91 Å². The van der Waals surface area contributed by atoms with Crippen molar-refractivity contribution in [2.75, 3.05) is 5.32 Å². The second-order valence-electron chi connectivity index (χ2n) is 7.10. The second-order valence-corrected chi connectivity index (χ2v) is 7.10. The smallest absolute Gasteiger partial charge is 0.322 e. The van der Waals surface area contributed by atoms with E-state index in [2.05, 4.69) is 11.9 Å². The van der Waals surface area contributed by atoms with Crippen molar-refractivity contribution >= 4 is 22.5 Å². The summed E-state index contributed by atoms with van der Waals surface area (Å²) >= 11 is 0. The fourth-order valence-electron chi connectivity index (χ4n) is 3.44. The van der Waals surface area contributed by atoms with E-state index in [4.69, 9.17) is 5.10 Å². The van der Waals surface area contributed by atoms with Gasteiger partial charge in [-0.3, -0.25) is 4.79 Å². The number of aryl methyl sites for hydroxylation is 1. The Hall–Kier alpha value is -3.87. The fraction of sp³-hybridized carbons (Fsp3) is 0.0833. The van der Waals surface area contributed by atoms with Crippen molar-refractivity contribution in [3.8, 4) is 16.9 Å². The number of para-hydroxylation sites is 1. The molecule has 3 aromatic carbocycles. The van der Waals surface area contributed by atoms with Crippen molar-refractivity contribution in [2.45, 2.75) is 13.1 Å². The quantitative estimate of drug-likeness (QED) is 0.402. The summed E-state index contributed by atoms with van der Waals surface area (Å²) in [7, 11) is 0. The number of halogens is 3. The third kappa shape index (κ3) is 4.07. The molecule has 0 unspecified atom stereocenters. The van der Waals surface area contributed by atoms with Gasteiger partial charge in [0, 0.05) is 16.6 Å². The van der Waals surface area contributed by atoms with Crippen molar-refractivity contribution in [1.82, 2.24) is 9.78 Å². The first kappa shape index (κ1) is 20.4. The minimum atomic E-state index is -4.40. The molecule has 1 N–H and O–H groups in total. The predicted octanol–water partition coefficient (Wildman–Crippen LogP) is 6.14. The molecule has 0 aliphatic carbocycles. The van der Waals surface area contributed by atoms with Gasteiger partial charge in [-0.1, -0.05) is 36.9 Å². The summed E-state index contributed by atoms with van der Waals surface area (Å²) in [5.41, 5.74) is 3.46. The number of hydrogen-bond donors (Lipinski definition) is 1. The molecular formula is C24H18F3N3O. The SMILES string of the molecule is C=CC(=O)Nc1cc(C)cc(-n2nc(-c3ccc(C(F)(F)F)cc3)c3ccccc32)c1. The third-order valence-corrected chi connectivity index (χ3v) is 4.83. The van der Waals surface area contributed by atoms with Crippen LogP contribution in [0.3, 0.4) is 0 Å². The Morgan fingerprint density at radius 3 is 2.45 bits per heavy atom. The van der Waals surface area contributed by atoms with E-state index in [-0.39, 0.29) is 5.91 Å². The van der Waals surface area contributed by atoms with Crippen LogP contribution in [-0.2, 0) is 11.0 Å². The molecule has 1 amide bonds. The molecule has 1 aromatic heterocycles. The summed E-state index contributed by atoms with van der Waals surface area (Å²) in [5.74, 6) is -0.327. The normalized spacial score (nSPS) is 11.5. The maximum atomic E-state index is 12.9. The summed E-state index contributed by atoms with van der Waals surface area (Å²) in [6.07, 6.45) is -3.21. The van der Waals surface area contributed by atoms with Crippen LogP contribution < -0.4 is 5.32 Å². The molecule has 4 aromatic rings. The number of amides is 1. The monoisotopic (exact) mass is 421 g/mol. The van der Waals surface area contributed by atoms with Crippen LogP contribution in [-0.4, -0.2) is 15.7 Å². The first-order valence-corrected chi connectivity index (χ1v) is 9.47. The minimum absolute atomic E-state index is 0.327. The molecule has 0 bridgehead atoms. The summed E-state index contributed by atoms with van der Waals surface area (Å²) in [4.78, 5) is 11.7. The highest BCUT2D eigenvalue weighted by atomic mass is 19.4. The van der Waals surface area contributed by atoms with Gasteiger partial charge in [0.1, 0.15) is 5.69 Å². The van der Waals surface area contributed by atoms with Crippen LogP contribution in [0.4, 0.5) is 18.9 Å². The molecule has 0 radical (unpaired) electrons. The number of aromatic nitrogens is 2. The molecule has 0 fully saturated rings. The highest BCUT2D eigenvalue weighted by Gasteiger charge is 2.30. The number of fused-ring (bicyclic) bond motifs is 1. The molecule has 0 saturated carbocycles. The topological polar surface area (TPSA) is 46.9 Å². The predicted molar refractivity (Wildman–Crippen MR) is 115 cm³/mol. The third-order valence-electron chi connectivity index (χ3n) is 4.83. The highest BCUT2D eigenvalue weighted by molar-refractivity contribution is 5.99.